The third-order valence-corrected chi connectivity index (χ3v) is 8.73. The van der Waals surface area contributed by atoms with Gasteiger partial charge < -0.3 is 16.0 Å². The molecule has 1 aromatic heterocycles. The number of sulfonamides is 1. The number of nitrogen functional groups attached to an aromatic ring is 1. The Kier molecular flexibility index (Phi) is 9.12. The highest BCUT2D eigenvalue weighted by atomic mass is 32.2. The summed E-state index contributed by atoms with van der Waals surface area (Å²) < 4.78 is 54.8. The van der Waals surface area contributed by atoms with Crippen LogP contribution in [0.15, 0.2) is 18.2 Å². The zero-order chi connectivity index (χ0) is 25.6. The van der Waals surface area contributed by atoms with Gasteiger partial charge in [0.15, 0.2) is 5.13 Å². The number of thiazole rings is 1. The molecule has 190 valence electrons. The smallest absolute Gasteiger partial charge is 0.214 e. The lowest BCUT2D eigenvalue weighted by atomic mass is 10.1. The van der Waals surface area contributed by atoms with Crippen LogP contribution in [0.25, 0.3) is 0 Å². The first-order chi connectivity index (χ1) is 16.6. The summed E-state index contributed by atoms with van der Waals surface area (Å²) in [5, 5.41) is 12.1. The molecule has 0 unspecified atom stereocenters. The van der Waals surface area contributed by atoms with E-state index in [0.29, 0.717) is 57.0 Å². The Hall–Kier alpha value is -2.66. The van der Waals surface area contributed by atoms with Crippen LogP contribution in [0.1, 0.15) is 40.9 Å². The molecule has 2 heterocycles. The van der Waals surface area contributed by atoms with Gasteiger partial charge in [-0.05, 0) is 45.0 Å². The average Bonchev–Trinajstić information content (AvgIpc) is 3.17. The fraction of sp³-hybridized carbons (Fsp3) is 0.500. The van der Waals surface area contributed by atoms with E-state index in [1.165, 1.54) is 10.4 Å². The topological polar surface area (TPSA) is 132 Å². The number of carbonyl (C=O) groups is 1. The molecule has 0 atom stereocenters. The lowest BCUT2D eigenvalue weighted by molar-refractivity contribution is 0.103. The van der Waals surface area contributed by atoms with Gasteiger partial charge in [0.25, 0.3) is 0 Å². The number of nitrogens with zero attached hydrogens (tertiary/aromatic N) is 4. The minimum absolute atomic E-state index is 0.0447. The summed E-state index contributed by atoms with van der Waals surface area (Å²) in [5.74, 6) is -2.89. The van der Waals surface area contributed by atoms with Crippen molar-refractivity contribution < 1.29 is 22.0 Å². The number of nitrogens with one attached hydrogen (secondary N) is 1. The van der Waals surface area contributed by atoms with Crippen molar-refractivity contribution in [3.05, 3.63) is 40.3 Å². The molecule has 1 aliphatic rings. The molecule has 0 bridgehead atoms. The Labute approximate surface area is 207 Å². The molecule has 0 amide bonds. The number of ketones is 1. The lowest BCUT2D eigenvalue weighted by Crippen LogP contribution is -2.43. The second-order valence-electron chi connectivity index (χ2n) is 8.36. The van der Waals surface area contributed by atoms with Gasteiger partial charge in [0.05, 0.1) is 17.4 Å². The highest BCUT2D eigenvalue weighted by Gasteiger charge is 2.29. The van der Waals surface area contributed by atoms with Gasteiger partial charge in [0.2, 0.25) is 15.8 Å². The molecule has 1 aromatic carbocycles. The molecular weight excluding hydrogens is 498 g/mol. The lowest BCUT2D eigenvalue weighted by Gasteiger charge is -2.31. The van der Waals surface area contributed by atoms with E-state index >= 15 is 0 Å². The van der Waals surface area contributed by atoms with Crippen molar-refractivity contribution in [3.8, 4) is 6.07 Å². The fourth-order valence-corrected chi connectivity index (χ4v) is 6.26. The van der Waals surface area contributed by atoms with Gasteiger partial charge in [-0.2, -0.15) is 5.26 Å². The van der Waals surface area contributed by atoms with Crippen LogP contribution in [-0.4, -0.2) is 73.4 Å². The quantitative estimate of drug-likeness (QED) is 0.427. The molecule has 13 heteroatoms. The summed E-state index contributed by atoms with van der Waals surface area (Å²) in [7, 11) is -1.52. The van der Waals surface area contributed by atoms with Crippen molar-refractivity contribution in [1.29, 1.82) is 5.26 Å². The number of hydrogen-bond donors (Lipinski definition) is 2. The van der Waals surface area contributed by atoms with E-state index in [4.69, 9.17) is 11.0 Å². The molecule has 0 aliphatic carbocycles. The number of nitrogens with two attached hydrogens (primary N) is 1. The minimum Gasteiger partial charge on any atom is -0.382 e. The van der Waals surface area contributed by atoms with E-state index in [-0.39, 0.29) is 22.5 Å². The number of rotatable bonds is 11. The van der Waals surface area contributed by atoms with Gasteiger partial charge in [-0.25, -0.2) is 26.5 Å². The minimum atomic E-state index is -3.38. The molecule has 0 radical (unpaired) electrons. The number of nitriles is 1. The molecule has 0 spiro atoms. The van der Waals surface area contributed by atoms with Crippen LogP contribution in [-0.2, 0) is 10.0 Å². The van der Waals surface area contributed by atoms with E-state index < -0.39 is 33.0 Å². The van der Waals surface area contributed by atoms with E-state index in [2.05, 4.69) is 16.4 Å². The van der Waals surface area contributed by atoms with Gasteiger partial charge >= 0.3 is 0 Å². The van der Waals surface area contributed by atoms with Gasteiger partial charge in [0, 0.05) is 32.1 Å². The van der Waals surface area contributed by atoms with Gasteiger partial charge in [0.1, 0.15) is 22.3 Å². The van der Waals surface area contributed by atoms with Crippen LogP contribution in [0.3, 0.4) is 0 Å². The van der Waals surface area contributed by atoms with Crippen molar-refractivity contribution in [1.82, 2.24) is 14.2 Å². The van der Waals surface area contributed by atoms with Crippen LogP contribution in [0.4, 0.5) is 19.7 Å². The monoisotopic (exact) mass is 526 g/mol. The Balaban J connectivity index is 1.53. The van der Waals surface area contributed by atoms with Crippen LogP contribution >= 0.6 is 11.3 Å². The molecule has 3 rings (SSSR count). The summed E-state index contributed by atoms with van der Waals surface area (Å²) in [5.41, 5.74) is 5.17. The number of aromatic nitrogens is 1. The molecule has 1 aliphatic heterocycles. The van der Waals surface area contributed by atoms with Gasteiger partial charge in [-0.15, -0.1) is 0 Å². The van der Waals surface area contributed by atoms with Crippen LogP contribution in [0, 0.1) is 23.0 Å². The number of halogens is 2. The SMILES string of the molecule is CN(CCC#N)CCCS(=O)(=O)N1CCC(Nc2nc(N)c(C(=O)c3c(F)cccc3F)s2)CC1. The summed E-state index contributed by atoms with van der Waals surface area (Å²) >= 11 is 0.912. The Morgan fingerprint density at radius 2 is 1.97 bits per heavy atom. The van der Waals surface area contributed by atoms with Crippen LogP contribution < -0.4 is 11.1 Å². The maximum Gasteiger partial charge on any atom is 0.214 e. The van der Waals surface area contributed by atoms with Gasteiger partial charge in [-0.3, -0.25) is 4.79 Å². The van der Waals surface area contributed by atoms with E-state index in [1.54, 1.807) is 0 Å². The zero-order valence-electron chi connectivity index (χ0n) is 19.3. The second-order valence-corrected chi connectivity index (χ2v) is 11.4. The predicted molar refractivity (Wildman–Crippen MR) is 131 cm³/mol. The van der Waals surface area contributed by atoms with Crippen molar-refractivity contribution in [2.75, 3.05) is 50.0 Å². The van der Waals surface area contributed by atoms with Crippen LogP contribution in [0.5, 0.6) is 0 Å². The Morgan fingerprint density at radius 1 is 1.31 bits per heavy atom. The van der Waals surface area contributed by atoms with E-state index in [1.807, 2.05) is 11.9 Å². The molecule has 35 heavy (non-hydrogen) atoms. The average molecular weight is 527 g/mol. The van der Waals surface area contributed by atoms with Gasteiger partial charge in [-0.1, -0.05) is 17.4 Å². The van der Waals surface area contributed by atoms with E-state index in [0.717, 1.165) is 23.5 Å². The second kappa shape index (κ2) is 11.9. The summed E-state index contributed by atoms with van der Waals surface area (Å²) in [6.45, 7) is 1.90. The first kappa shape index (κ1) is 26.9. The molecular formula is C22H28F2N6O3S2. The Bertz CT molecular complexity index is 1170. The molecule has 3 N–H and O–H groups in total. The largest absolute Gasteiger partial charge is 0.382 e. The normalized spacial score (nSPS) is 15.3. The van der Waals surface area contributed by atoms with Crippen molar-refractivity contribution in [2.45, 2.75) is 31.7 Å². The van der Waals surface area contributed by atoms with E-state index in [9.17, 15) is 22.0 Å². The maximum atomic E-state index is 14.0. The number of benzene rings is 1. The Morgan fingerprint density at radius 3 is 2.60 bits per heavy atom. The van der Waals surface area contributed by atoms with Crippen molar-refractivity contribution in [3.63, 3.8) is 0 Å². The third-order valence-electron chi connectivity index (χ3n) is 5.77. The summed E-state index contributed by atoms with van der Waals surface area (Å²) in [4.78, 5) is 18.6. The summed E-state index contributed by atoms with van der Waals surface area (Å²) in [6, 6.07) is 5.16. The van der Waals surface area contributed by atoms with Crippen molar-refractivity contribution in [2.24, 2.45) is 0 Å². The zero-order valence-corrected chi connectivity index (χ0v) is 21.0. The highest BCUT2D eigenvalue weighted by Crippen LogP contribution is 2.30. The van der Waals surface area contributed by atoms with Crippen LogP contribution in [0.2, 0.25) is 0 Å². The van der Waals surface area contributed by atoms with Crippen molar-refractivity contribution >= 4 is 38.1 Å². The molecule has 1 saturated heterocycles. The molecule has 9 nitrogen and oxygen atoms in total. The maximum absolute atomic E-state index is 14.0. The highest BCUT2D eigenvalue weighted by molar-refractivity contribution is 7.89. The first-order valence-corrected chi connectivity index (χ1v) is 13.6. The number of piperidine rings is 1. The number of hydrogen-bond acceptors (Lipinski definition) is 9. The molecule has 1 fully saturated rings. The number of carbonyl (C=O) groups excluding carboxylic acids is 1. The standard InChI is InChI=1S/C22H28F2N6O3S2/c1-29(10-3-9-25)11-4-14-35(32,33)30-12-7-15(8-13-30)27-22-28-21(26)20(34-22)19(31)18-16(23)5-2-6-17(18)24/h2,5-6,15H,3-4,7-8,10-14,26H2,1H3,(H,27,28). The molecule has 2 aromatic rings. The fourth-order valence-electron chi connectivity index (χ4n) is 3.84. The number of anilines is 2. The predicted octanol–water partition coefficient (Wildman–Crippen LogP) is 2.68. The summed E-state index contributed by atoms with van der Waals surface area (Å²) in [6.07, 6.45) is 1.96. The third kappa shape index (κ3) is 6.94. The molecule has 0 saturated carbocycles. The first-order valence-electron chi connectivity index (χ1n) is 11.2.